The van der Waals surface area contributed by atoms with E-state index < -0.39 is 17.4 Å². The molecule has 2 fully saturated rings. The van der Waals surface area contributed by atoms with Crippen molar-refractivity contribution in [3.63, 3.8) is 0 Å². The number of hydrogen-bond donors (Lipinski definition) is 0. The van der Waals surface area contributed by atoms with Crippen molar-refractivity contribution in [1.82, 2.24) is 4.90 Å². The maximum absolute atomic E-state index is 13.1. The molecule has 3 heterocycles. The van der Waals surface area contributed by atoms with Gasteiger partial charge in [0.15, 0.2) is 0 Å². The normalized spacial score (nSPS) is 33.5. The lowest BCUT2D eigenvalue weighted by molar-refractivity contribution is -0.151. The van der Waals surface area contributed by atoms with Crippen LogP contribution in [0.1, 0.15) is 18.5 Å². The van der Waals surface area contributed by atoms with Crippen molar-refractivity contribution in [2.45, 2.75) is 24.7 Å². The smallest absolute Gasteiger partial charge is 0.312 e. The third kappa shape index (κ3) is 2.20. The van der Waals surface area contributed by atoms with Crippen LogP contribution in [0.25, 0.3) is 0 Å². The number of carbonyl (C=O) groups is 2. The van der Waals surface area contributed by atoms with Gasteiger partial charge in [-0.15, -0.1) is 0 Å². The van der Waals surface area contributed by atoms with Crippen LogP contribution >= 0.6 is 0 Å². The second-order valence-electron chi connectivity index (χ2n) is 6.84. The van der Waals surface area contributed by atoms with Gasteiger partial charge in [0.25, 0.3) is 0 Å². The third-order valence-electron chi connectivity index (χ3n) is 5.67. The molecular weight excluding hydrogens is 322 g/mol. The van der Waals surface area contributed by atoms with Crippen molar-refractivity contribution in [3.05, 3.63) is 42.0 Å². The highest BCUT2D eigenvalue weighted by atomic mass is 16.5. The van der Waals surface area contributed by atoms with Crippen LogP contribution < -0.4 is 4.74 Å². The fourth-order valence-electron chi connectivity index (χ4n) is 4.32. The second-order valence-corrected chi connectivity index (χ2v) is 6.84. The lowest BCUT2D eigenvalue weighted by Crippen LogP contribution is -2.39. The average Bonchev–Trinajstić information content (AvgIpc) is 3.29. The molecule has 0 unspecified atom stereocenters. The first-order valence-corrected chi connectivity index (χ1v) is 8.40. The Hall–Kier alpha value is -2.34. The Morgan fingerprint density at radius 1 is 1.32 bits per heavy atom. The van der Waals surface area contributed by atoms with Crippen molar-refractivity contribution in [2.24, 2.45) is 11.8 Å². The molecule has 25 heavy (non-hydrogen) atoms. The number of benzene rings is 1. The van der Waals surface area contributed by atoms with Crippen LogP contribution in [0.3, 0.4) is 0 Å². The molecule has 0 aromatic heterocycles. The van der Waals surface area contributed by atoms with Crippen molar-refractivity contribution in [2.75, 3.05) is 20.8 Å². The number of amides is 1. The van der Waals surface area contributed by atoms with E-state index in [1.54, 1.807) is 12.0 Å². The van der Waals surface area contributed by atoms with Crippen LogP contribution in [0.15, 0.2) is 36.4 Å². The topological polar surface area (TPSA) is 65.1 Å². The Bertz CT molecular complexity index is 743. The summed E-state index contributed by atoms with van der Waals surface area (Å²) in [5, 5.41) is 0. The number of fused-ring (bicyclic) bond motifs is 1. The van der Waals surface area contributed by atoms with E-state index in [4.69, 9.17) is 14.2 Å². The standard InChI is InChI=1S/C19H21NO5/c1-11(12-4-6-13(23-2)7-5-12)20-10-19-9-8-14(25-19)15(18(22)24-3)16(19)17(20)21/h4-9,11,14-16H,10H2,1-3H3/t11-,14+,15+,16-,19+/m1/s1. The molecule has 1 aromatic carbocycles. The fourth-order valence-corrected chi connectivity index (χ4v) is 4.32. The first-order chi connectivity index (χ1) is 12.0. The summed E-state index contributed by atoms with van der Waals surface area (Å²) in [5.41, 5.74) is 0.306. The van der Waals surface area contributed by atoms with Gasteiger partial charge in [-0.25, -0.2) is 0 Å². The Morgan fingerprint density at radius 3 is 2.68 bits per heavy atom. The van der Waals surface area contributed by atoms with E-state index in [9.17, 15) is 9.59 Å². The fraction of sp³-hybridized carbons (Fsp3) is 0.474. The zero-order valence-electron chi connectivity index (χ0n) is 14.5. The van der Waals surface area contributed by atoms with Gasteiger partial charge in [-0.05, 0) is 24.6 Å². The summed E-state index contributed by atoms with van der Waals surface area (Å²) in [6.45, 7) is 2.44. The van der Waals surface area contributed by atoms with E-state index in [-0.39, 0.29) is 24.0 Å². The van der Waals surface area contributed by atoms with Gasteiger partial charge < -0.3 is 19.1 Å². The van der Waals surface area contributed by atoms with Crippen LogP contribution in [0, 0.1) is 11.8 Å². The number of likely N-dealkylation sites (tertiary alicyclic amines) is 1. The Balaban J connectivity index is 1.62. The predicted octanol–water partition coefficient (Wildman–Crippen LogP) is 1.71. The molecule has 1 aromatic rings. The third-order valence-corrected chi connectivity index (χ3v) is 5.67. The summed E-state index contributed by atoms with van der Waals surface area (Å²) in [7, 11) is 2.97. The van der Waals surface area contributed by atoms with E-state index in [1.165, 1.54) is 7.11 Å². The van der Waals surface area contributed by atoms with E-state index in [1.807, 2.05) is 43.3 Å². The SMILES string of the molecule is COC(=O)[C@H]1[C@@H]2C=C[C@@]3(CN([C@H](C)c4ccc(OC)cc4)C(=O)[C@@H]13)O2. The molecule has 3 aliphatic heterocycles. The summed E-state index contributed by atoms with van der Waals surface area (Å²) in [6.07, 6.45) is 3.47. The first-order valence-electron chi connectivity index (χ1n) is 8.40. The van der Waals surface area contributed by atoms with Gasteiger partial charge in [0.05, 0.1) is 38.8 Å². The van der Waals surface area contributed by atoms with Crippen LogP contribution in [0.5, 0.6) is 5.75 Å². The second kappa shape index (κ2) is 5.59. The monoisotopic (exact) mass is 343 g/mol. The highest BCUT2D eigenvalue weighted by Crippen LogP contribution is 2.53. The Labute approximate surface area is 146 Å². The maximum Gasteiger partial charge on any atom is 0.312 e. The summed E-state index contributed by atoms with van der Waals surface area (Å²) >= 11 is 0. The molecule has 0 aliphatic carbocycles. The van der Waals surface area contributed by atoms with Gasteiger partial charge in [0.1, 0.15) is 17.3 Å². The molecule has 5 atom stereocenters. The van der Waals surface area contributed by atoms with E-state index >= 15 is 0 Å². The largest absolute Gasteiger partial charge is 0.497 e. The van der Waals surface area contributed by atoms with Crippen molar-refractivity contribution < 1.29 is 23.8 Å². The Kier molecular flexibility index (Phi) is 3.61. The molecule has 0 radical (unpaired) electrons. The van der Waals surface area contributed by atoms with Gasteiger partial charge >= 0.3 is 5.97 Å². The van der Waals surface area contributed by atoms with Gasteiger partial charge in [-0.2, -0.15) is 0 Å². The molecule has 6 nitrogen and oxygen atoms in total. The van der Waals surface area contributed by atoms with E-state index in [0.717, 1.165) is 11.3 Å². The van der Waals surface area contributed by atoms with E-state index in [0.29, 0.717) is 6.54 Å². The Morgan fingerprint density at radius 2 is 2.04 bits per heavy atom. The van der Waals surface area contributed by atoms with Gasteiger partial charge in [0, 0.05) is 0 Å². The maximum atomic E-state index is 13.1. The molecular formula is C19H21NO5. The quantitative estimate of drug-likeness (QED) is 0.615. The average molecular weight is 343 g/mol. The number of rotatable bonds is 4. The number of nitrogens with zero attached hydrogens (tertiary/aromatic N) is 1. The van der Waals surface area contributed by atoms with Crippen LogP contribution in [-0.2, 0) is 19.1 Å². The van der Waals surface area contributed by atoms with Crippen LogP contribution in [0.4, 0.5) is 0 Å². The van der Waals surface area contributed by atoms with Crippen molar-refractivity contribution in [1.29, 1.82) is 0 Å². The molecule has 3 aliphatic rings. The minimum Gasteiger partial charge on any atom is -0.497 e. The molecule has 0 N–H and O–H groups in total. The first kappa shape index (κ1) is 16.1. The number of methoxy groups -OCH3 is 2. The lowest BCUT2D eigenvalue weighted by atomic mass is 9.77. The van der Waals surface area contributed by atoms with Crippen LogP contribution in [-0.4, -0.2) is 49.2 Å². The summed E-state index contributed by atoms with van der Waals surface area (Å²) in [6, 6.07) is 7.55. The summed E-state index contributed by atoms with van der Waals surface area (Å²) in [4.78, 5) is 27.1. The number of esters is 1. The van der Waals surface area contributed by atoms with Gasteiger partial charge in [-0.3, -0.25) is 9.59 Å². The van der Waals surface area contributed by atoms with Crippen molar-refractivity contribution in [3.8, 4) is 5.75 Å². The summed E-state index contributed by atoms with van der Waals surface area (Å²) < 4.78 is 16.1. The van der Waals surface area contributed by atoms with Crippen molar-refractivity contribution >= 4 is 11.9 Å². The van der Waals surface area contributed by atoms with Crippen LogP contribution in [0.2, 0.25) is 0 Å². The molecule has 2 saturated heterocycles. The van der Waals surface area contributed by atoms with E-state index in [2.05, 4.69) is 0 Å². The zero-order valence-corrected chi connectivity index (χ0v) is 14.5. The highest BCUT2D eigenvalue weighted by Gasteiger charge is 2.67. The van der Waals surface area contributed by atoms with Gasteiger partial charge in [0.2, 0.25) is 5.91 Å². The predicted molar refractivity (Wildman–Crippen MR) is 88.9 cm³/mol. The molecule has 6 heteroatoms. The van der Waals surface area contributed by atoms with Gasteiger partial charge in [-0.1, -0.05) is 24.3 Å². The number of ether oxygens (including phenoxy) is 3. The summed E-state index contributed by atoms with van der Waals surface area (Å²) in [5.74, 6) is -0.722. The number of hydrogen-bond acceptors (Lipinski definition) is 5. The minimum atomic E-state index is -0.707. The minimum absolute atomic E-state index is 0.0504. The lowest BCUT2D eigenvalue weighted by Gasteiger charge is -2.27. The molecule has 132 valence electrons. The molecule has 0 saturated carbocycles. The number of carbonyl (C=O) groups excluding carboxylic acids is 2. The molecule has 4 rings (SSSR count). The molecule has 1 amide bonds. The molecule has 2 bridgehead atoms. The molecule has 1 spiro atoms. The highest BCUT2D eigenvalue weighted by molar-refractivity contribution is 5.91. The zero-order chi connectivity index (χ0) is 17.8.